The molecule has 7 rings (SSSR count). The van der Waals surface area contributed by atoms with Gasteiger partial charge in [-0.25, -0.2) is 47.3 Å². The first-order valence-corrected chi connectivity index (χ1v) is 16.6. The number of carbonyl (C=O) groups excluding carboxylic acids is 1. The van der Waals surface area contributed by atoms with E-state index in [1.54, 1.807) is 24.3 Å². The molecule has 7 aromatic rings. The minimum Gasteiger partial charge on any atom is -0.493 e. The third kappa shape index (κ3) is 7.81. The molecule has 2 aromatic heterocycles. The summed E-state index contributed by atoms with van der Waals surface area (Å²) < 4.78 is 93.3. The molecular weight excluding hydrogens is 754 g/mol. The van der Waals surface area contributed by atoms with E-state index in [9.17, 15) is 9.18 Å². The molecule has 5 aromatic carbocycles. The minimum atomic E-state index is -1.18. The van der Waals surface area contributed by atoms with Crippen molar-refractivity contribution in [1.29, 1.82) is 0 Å². The summed E-state index contributed by atoms with van der Waals surface area (Å²) in [6.45, 7) is 0. The number of fused-ring (bicyclic) bond motifs is 2. The Morgan fingerprint density at radius 2 is 1.05 bits per heavy atom. The van der Waals surface area contributed by atoms with Crippen LogP contribution in [0, 0.1) is 23.3 Å². The van der Waals surface area contributed by atoms with Crippen molar-refractivity contribution in [2.24, 2.45) is 0 Å². The van der Waals surface area contributed by atoms with Crippen molar-refractivity contribution < 1.29 is 50.8 Å². The van der Waals surface area contributed by atoms with Gasteiger partial charge in [-0.1, -0.05) is 0 Å². The predicted molar refractivity (Wildman–Crippen MR) is 200 cm³/mol. The molecule has 0 radical (unpaired) electrons. The second-order valence-electron chi connectivity index (χ2n) is 11.8. The topological polar surface area (TPSA) is 151 Å². The van der Waals surface area contributed by atoms with Crippen LogP contribution in [0.3, 0.4) is 0 Å². The van der Waals surface area contributed by atoms with Gasteiger partial charge in [0.05, 0.1) is 61.6 Å². The number of halogens is 4. The van der Waals surface area contributed by atoms with Gasteiger partial charge in [0, 0.05) is 30.3 Å². The van der Waals surface area contributed by atoms with Crippen LogP contribution in [-0.2, 0) is 0 Å². The zero-order valence-corrected chi connectivity index (χ0v) is 30.3. The van der Waals surface area contributed by atoms with Gasteiger partial charge in [0.2, 0.25) is 11.8 Å². The summed E-state index contributed by atoms with van der Waals surface area (Å²) in [5.74, 6) is -2.29. The number of methoxy groups -OCH3 is 4. The molecular formula is C39H29F4N7O7. The average molecular weight is 784 g/mol. The van der Waals surface area contributed by atoms with Crippen LogP contribution in [0.2, 0.25) is 0 Å². The minimum absolute atomic E-state index is 0.00180. The first kappa shape index (κ1) is 37.7. The van der Waals surface area contributed by atoms with E-state index in [1.165, 1.54) is 65.4 Å². The fraction of sp³-hybridized carbons (Fsp3) is 0.103. The number of urea groups is 1. The zero-order valence-electron chi connectivity index (χ0n) is 30.3. The third-order valence-electron chi connectivity index (χ3n) is 8.35. The number of amides is 2. The largest absolute Gasteiger partial charge is 0.493 e. The number of ether oxygens (including phenoxy) is 6. The van der Waals surface area contributed by atoms with Crippen LogP contribution >= 0.6 is 0 Å². The number of nitrogens with one attached hydrogen (secondary N) is 2. The Hall–Kier alpha value is -7.63. The Labute approximate surface area is 320 Å². The number of hydrogen-bond acceptors (Lipinski definition) is 12. The lowest BCUT2D eigenvalue weighted by atomic mass is 10.2. The Kier molecular flexibility index (Phi) is 10.6. The first-order valence-electron chi connectivity index (χ1n) is 16.6. The van der Waals surface area contributed by atoms with Gasteiger partial charge in [0.1, 0.15) is 41.5 Å². The van der Waals surface area contributed by atoms with Gasteiger partial charge in [-0.05, 0) is 48.5 Å². The molecule has 0 atom stereocenters. The number of rotatable bonds is 12. The highest BCUT2D eigenvalue weighted by molar-refractivity contribution is 6.03. The Morgan fingerprint density at radius 3 is 1.53 bits per heavy atom. The molecule has 0 aliphatic rings. The van der Waals surface area contributed by atoms with Crippen molar-refractivity contribution in [2.45, 2.75) is 0 Å². The van der Waals surface area contributed by atoms with Crippen LogP contribution in [0.5, 0.6) is 46.3 Å². The quantitative estimate of drug-likeness (QED) is 0.0900. The molecule has 0 saturated carbocycles. The molecule has 2 N–H and O–H groups in total. The van der Waals surface area contributed by atoms with Gasteiger partial charge in [-0.3, -0.25) is 5.43 Å². The predicted octanol–water partition coefficient (Wildman–Crippen LogP) is 8.81. The molecule has 0 bridgehead atoms. The summed E-state index contributed by atoms with van der Waals surface area (Å²) >= 11 is 0. The smallest absolute Gasteiger partial charge is 0.345 e. The van der Waals surface area contributed by atoms with Crippen molar-refractivity contribution >= 4 is 44.9 Å². The highest BCUT2D eigenvalue weighted by Gasteiger charge is 2.24. The normalized spacial score (nSPS) is 10.9. The fourth-order valence-electron chi connectivity index (χ4n) is 5.59. The number of benzene rings is 5. The summed E-state index contributed by atoms with van der Waals surface area (Å²) in [7, 11) is 5.87. The van der Waals surface area contributed by atoms with E-state index in [1.807, 2.05) is 0 Å². The van der Waals surface area contributed by atoms with Crippen molar-refractivity contribution in [3.8, 4) is 46.3 Å². The molecule has 18 heteroatoms. The van der Waals surface area contributed by atoms with Crippen molar-refractivity contribution in [2.75, 3.05) is 44.2 Å². The summed E-state index contributed by atoms with van der Waals surface area (Å²) in [4.78, 5) is 30.4. The van der Waals surface area contributed by atoms with Gasteiger partial charge in [-0.2, -0.15) is 0 Å². The van der Waals surface area contributed by atoms with Crippen LogP contribution < -0.4 is 44.2 Å². The molecule has 57 heavy (non-hydrogen) atoms. The first-order chi connectivity index (χ1) is 27.6. The Bertz CT molecular complexity index is 2650. The molecule has 0 spiro atoms. The Balaban J connectivity index is 1.13. The lowest BCUT2D eigenvalue weighted by Crippen LogP contribution is -2.40. The maximum atomic E-state index is 15.7. The summed E-state index contributed by atoms with van der Waals surface area (Å²) in [5, 5.41) is 3.73. The van der Waals surface area contributed by atoms with Crippen molar-refractivity contribution in [1.82, 2.24) is 19.9 Å². The third-order valence-corrected chi connectivity index (χ3v) is 8.35. The summed E-state index contributed by atoms with van der Waals surface area (Å²) in [5.41, 5.74) is 2.18. The maximum Gasteiger partial charge on any atom is 0.345 e. The maximum absolute atomic E-state index is 15.7. The molecule has 14 nitrogen and oxygen atoms in total. The number of anilines is 3. The molecule has 2 heterocycles. The van der Waals surface area contributed by atoms with E-state index in [-0.39, 0.29) is 34.6 Å². The van der Waals surface area contributed by atoms with E-state index >= 15 is 13.2 Å². The van der Waals surface area contributed by atoms with E-state index in [0.717, 1.165) is 24.3 Å². The molecule has 290 valence electrons. The van der Waals surface area contributed by atoms with Crippen molar-refractivity contribution in [3.63, 3.8) is 0 Å². The van der Waals surface area contributed by atoms with Crippen molar-refractivity contribution in [3.05, 3.63) is 115 Å². The fourth-order valence-corrected chi connectivity index (χ4v) is 5.59. The van der Waals surface area contributed by atoms with Gasteiger partial charge < -0.3 is 33.7 Å². The van der Waals surface area contributed by atoms with E-state index in [4.69, 9.17) is 28.4 Å². The molecule has 0 fully saturated rings. The second-order valence-corrected chi connectivity index (χ2v) is 11.8. The van der Waals surface area contributed by atoms with Gasteiger partial charge in [0.15, 0.2) is 34.6 Å². The zero-order chi connectivity index (χ0) is 40.2. The van der Waals surface area contributed by atoms with Crippen LogP contribution in [-0.4, -0.2) is 54.4 Å². The highest BCUT2D eigenvalue weighted by atomic mass is 19.1. The van der Waals surface area contributed by atoms with Crippen LogP contribution in [0.25, 0.3) is 21.8 Å². The number of nitrogens with zero attached hydrogens (tertiary/aromatic N) is 5. The second kappa shape index (κ2) is 16.0. The number of aromatic nitrogens is 4. The van der Waals surface area contributed by atoms with Crippen LogP contribution in [0.15, 0.2) is 91.5 Å². The SMILES string of the molecule is COc1cc2ncnc(Oc3ccc(NC(=O)N(Nc4ccc(Oc5ncnc6cc(OC)c(OC)cc56)cc4F)c4ccc(F)cc4F)c(F)c3)c2cc1OC. The molecule has 0 aliphatic heterocycles. The van der Waals surface area contributed by atoms with Gasteiger partial charge >= 0.3 is 6.03 Å². The average Bonchev–Trinajstić information content (AvgIpc) is 3.21. The highest BCUT2D eigenvalue weighted by Crippen LogP contribution is 2.38. The summed E-state index contributed by atoms with van der Waals surface area (Å²) in [6, 6.07) is 14.7. The number of carbonyl (C=O) groups is 1. The van der Waals surface area contributed by atoms with Crippen LogP contribution in [0.4, 0.5) is 39.4 Å². The molecule has 2 amide bonds. The van der Waals surface area contributed by atoms with E-state index < -0.39 is 35.0 Å². The van der Waals surface area contributed by atoms with E-state index in [2.05, 4.69) is 30.7 Å². The lowest BCUT2D eigenvalue weighted by Gasteiger charge is -2.25. The monoisotopic (exact) mass is 783 g/mol. The lowest BCUT2D eigenvalue weighted by molar-refractivity contribution is 0.257. The standard InChI is InChI=1S/C39H29F4N7O7/c1-52-33-14-23-30(16-35(33)54-3)44-18-46-37(23)56-21-6-8-28(25(41)12-21)48-39(51)50(32-10-5-20(40)11-27(32)43)49-29-9-7-22(13-26(29)42)57-38-24-15-34(53-2)36(55-4)17-31(24)45-19-47-38/h5-19,49H,1-4H3,(H,48,51). The van der Waals surface area contributed by atoms with Crippen LogP contribution in [0.1, 0.15) is 0 Å². The Morgan fingerprint density at radius 1 is 0.561 bits per heavy atom. The summed E-state index contributed by atoms with van der Waals surface area (Å²) in [6.07, 6.45) is 2.51. The number of hydrogen-bond donors (Lipinski definition) is 2. The van der Waals surface area contributed by atoms with Gasteiger partial charge in [0.25, 0.3) is 0 Å². The van der Waals surface area contributed by atoms with E-state index in [0.29, 0.717) is 55.9 Å². The number of hydrazine groups is 1. The molecule has 0 saturated heterocycles. The van der Waals surface area contributed by atoms with Gasteiger partial charge in [-0.15, -0.1) is 0 Å². The molecule has 0 unspecified atom stereocenters. The molecule has 0 aliphatic carbocycles.